The molecule has 1 unspecified atom stereocenters. The van der Waals surface area contributed by atoms with E-state index >= 15 is 0 Å². The fraction of sp³-hybridized carbons (Fsp3) is 0.636. The number of piperazine rings is 1. The average molecular weight is 354 g/mol. The molecule has 3 rings (SSSR count). The van der Waals surface area contributed by atoms with Crippen molar-refractivity contribution in [1.29, 1.82) is 5.26 Å². The number of rotatable bonds is 4. The molecule has 140 valence electrons. The summed E-state index contributed by atoms with van der Waals surface area (Å²) in [5, 5.41) is 9.36. The molecule has 1 heterocycles. The van der Waals surface area contributed by atoms with Crippen molar-refractivity contribution in [2.24, 2.45) is 5.92 Å². The van der Waals surface area contributed by atoms with Gasteiger partial charge in [0.2, 0.25) is 0 Å². The minimum Gasteiger partial charge on any atom is -0.336 e. The molecule has 0 N–H and O–H groups in total. The van der Waals surface area contributed by atoms with Gasteiger partial charge in [-0.15, -0.1) is 0 Å². The van der Waals surface area contributed by atoms with Crippen LogP contribution in [-0.2, 0) is 0 Å². The lowest BCUT2D eigenvalue weighted by Crippen LogP contribution is -2.52. The Labute approximate surface area is 157 Å². The molecule has 1 aliphatic carbocycles. The Kier molecular flexibility index (Phi) is 6.32. The van der Waals surface area contributed by atoms with Crippen LogP contribution in [0.5, 0.6) is 0 Å². The average Bonchev–Trinajstić information content (AvgIpc) is 2.69. The fourth-order valence-corrected chi connectivity index (χ4v) is 4.37. The van der Waals surface area contributed by atoms with Gasteiger partial charge >= 0.3 is 0 Å². The summed E-state index contributed by atoms with van der Waals surface area (Å²) in [4.78, 5) is 17.0. The third-order valence-electron chi connectivity index (χ3n) is 5.99. The van der Waals surface area contributed by atoms with Crippen molar-refractivity contribution in [1.82, 2.24) is 9.80 Å². The lowest BCUT2D eigenvalue weighted by atomic mass is 9.84. The second-order valence-corrected chi connectivity index (χ2v) is 8.10. The summed E-state index contributed by atoms with van der Waals surface area (Å²) >= 11 is 0. The summed E-state index contributed by atoms with van der Waals surface area (Å²) in [6.07, 6.45) is 6.59. The molecule has 1 saturated heterocycles. The first-order valence-corrected chi connectivity index (χ1v) is 10.1. The summed E-state index contributed by atoms with van der Waals surface area (Å²) in [6, 6.07) is 10.7. The van der Waals surface area contributed by atoms with Crippen LogP contribution in [0.25, 0.3) is 0 Å². The number of hydrogen-bond acceptors (Lipinski definition) is 3. The zero-order valence-electron chi connectivity index (χ0n) is 16.2. The van der Waals surface area contributed by atoms with Crippen molar-refractivity contribution >= 4 is 5.91 Å². The van der Waals surface area contributed by atoms with Crippen LogP contribution in [-0.4, -0.2) is 47.9 Å². The predicted molar refractivity (Wildman–Crippen MR) is 104 cm³/mol. The van der Waals surface area contributed by atoms with E-state index in [2.05, 4.69) is 36.9 Å². The van der Waals surface area contributed by atoms with E-state index in [-0.39, 0.29) is 11.9 Å². The van der Waals surface area contributed by atoms with E-state index in [0.717, 1.165) is 18.7 Å². The van der Waals surface area contributed by atoms with E-state index < -0.39 is 0 Å². The molecular formula is C22H31N3O. The highest BCUT2D eigenvalue weighted by molar-refractivity contribution is 5.94. The number of amides is 1. The van der Waals surface area contributed by atoms with E-state index in [9.17, 15) is 10.1 Å². The second kappa shape index (κ2) is 8.68. The third-order valence-corrected chi connectivity index (χ3v) is 5.99. The standard InChI is InChI=1S/C22H31N3O/c1-17(2)21(16-23)24-12-14-25(15-13-24)22(26)20-10-8-19(9-11-20)18-6-4-3-5-7-18/h8-11,17-18,21H,3-7,12-15H2,1-2H3. The van der Waals surface area contributed by atoms with Crippen molar-refractivity contribution in [2.45, 2.75) is 57.9 Å². The van der Waals surface area contributed by atoms with E-state index in [4.69, 9.17) is 0 Å². The minimum atomic E-state index is -0.0537. The molecule has 4 nitrogen and oxygen atoms in total. The highest BCUT2D eigenvalue weighted by Crippen LogP contribution is 2.32. The maximum absolute atomic E-state index is 12.8. The summed E-state index contributed by atoms with van der Waals surface area (Å²) < 4.78 is 0. The Morgan fingerprint density at radius 3 is 2.19 bits per heavy atom. The van der Waals surface area contributed by atoms with Crippen molar-refractivity contribution in [3.8, 4) is 6.07 Å². The zero-order valence-corrected chi connectivity index (χ0v) is 16.2. The largest absolute Gasteiger partial charge is 0.336 e. The Morgan fingerprint density at radius 1 is 1.04 bits per heavy atom. The van der Waals surface area contributed by atoms with E-state index in [1.54, 1.807) is 0 Å². The molecule has 26 heavy (non-hydrogen) atoms. The van der Waals surface area contributed by atoms with Gasteiger partial charge in [-0.25, -0.2) is 0 Å². The maximum atomic E-state index is 12.8. The van der Waals surface area contributed by atoms with Crippen molar-refractivity contribution in [3.05, 3.63) is 35.4 Å². The molecule has 1 amide bonds. The molecule has 1 aliphatic heterocycles. The Bertz CT molecular complexity index is 632. The topological polar surface area (TPSA) is 47.3 Å². The van der Waals surface area contributed by atoms with Crippen molar-refractivity contribution in [2.75, 3.05) is 26.2 Å². The number of carbonyl (C=O) groups is 1. The quantitative estimate of drug-likeness (QED) is 0.821. The molecule has 0 aromatic heterocycles. The van der Waals surface area contributed by atoms with Crippen molar-refractivity contribution in [3.63, 3.8) is 0 Å². The summed E-state index contributed by atoms with van der Waals surface area (Å²) in [5.74, 6) is 1.11. The minimum absolute atomic E-state index is 0.0537. The molecule has 0 bridgehead atoms. The number of nitrogens with zero attached hydrogens (tertiary/aromatic N) is 3. The molecule has 4 heteroatoms. The van der Waals surface area contributed by atoms with Crippen molar-refractivity contribution < 1.29 is 4.79 Å². The molecule has 1 aromatic carbocycles. The number of hydrogen-bond donors (Lipinski definition) is 0. The second-order valence-electron chi connectivity index (χ2n) is 8.10. The van der Waals surface area contributed by atoms with Crippen LogP contribution in [0, 0.1) is 17.2 Å². The van der Waals surface area contributed by atoms with Crippen LogP contribution in [0.15, 0.2) is 24.3 Å². The lowest BCUT2D eigenvalue weighted by Gasteiger charge is -2.38. The van der Waals surface area contributed by atoms with Gasteiger partial charge in [0.05, 0.1) is 6.07 Å². The predicted octanol–water partition coefficient (Wildman–Crippen LogP) is 4.04. The summed E-state index contributed by atoms with van der Waals surface area (Å²) in [7, 11) is 0. The highest BCUT2D eigenvalue weighted by atomic mass is 16.2. The smallest absolute Gasteiger partial charge is 0.253 e. The van der Waals surface area contributed by atoms with Gasteiger partial charge in [0.1, 0.15) is 6.04 Å². The number of nitriles is 1. The van der Waals surface area contributed by atoms with Crippen LogP contribution in [0.2, 0.25) is 0 Å². The van der Waals surface area contributed by atoms with Gasteiger partial charge in [-0.2, -0.15) is 5.26 Å². The molecule has 1 aromatic rings. The monoisotopic (exact) mass is 353 g/mol. The van der Waals surface area contributed by atoms with E-state index in [1.165, 1.54) is 37.7 Å². The first kappa shape index (κ1) is 18.9. The summed E-state index contributed by atoms with van der Waals surface area (Å²) in [6.45, 7) is 7.13. The van der Waals surface area contributed by atoms with Gasteiger partial charge in [0, 0.05) is 31.7 Å². The van der Waals surface area contributed by atoms with Gasteiger partial charge in [-0.05, 0) is 42.4 Å². The normalized spacial score (nSPS) is 20.8. The number of benzene rings is 1. The molecule has 0 radical (unpaired) electrons. The van der Waals surface area contributed by atoms with Gasteiger partial charge in [0.15, 0.2) is 0 Å². The fourth-order valence-electron chi connectivity index (χ4n) is 4.37. The van der Waals surface area contributed by atoms with Crippen LogP contribution >= 0.6 is 0 Å². The lowest BCUT2D eigenvalue weighted by molar-refractivity contribution is 0.0576. The Morgan fingerprint density at radius 2 is 1.65 bits per heavy atom. The van der Waals surface area contributed by atoms with Gasteiger partial charge < -0.3 is 4.90 Å². The molecular weight excluding hydrogens is 322 g/mol. The number of carbonyl (C=O) groups excluding carboxylic acids is 1. The third kappa shape index (κ3) is 4.27. The first-order valence-electron chi connectivity index (χ1n) is 10.1. The first-order chi connectivity index (χ1) is 12.6. The maximum Gasteiger partial charge on any atom is 0.253 e. The highest BCUT2D eigenvalue weighted by Gasteiger charge is 2.28. The van der Waals surface area contributed by atoms with Crippen LogP contribution in [0.4, 0.5) is 0 Å². The van der Waals surface area contributed by atoms with Gasteiger partial charge in [0.25, 0.3) is 5.91 Å². The molecule has 0 spiro atoms. The Balaban J connectivity index is 1.57. The molecule has 2 fully saturated rings. The Hall–Kier alpha value is -1.86. The molecule has 1 atom stereocenters. The van der Waals surface area contributed by atoms with Gasteiger partial charge in [-0.1, -0.05) is 45.2 Å². The van der Waals surface area contributed by atoms with E-state index in [0.29, 0.717) is 24.9 Å². The zero-order chi connectivity index (χ0) is 18.5. The summed E-state index contributed by atoms with van der Waals surface area (Å²) in [5.41, 5.74) is 2.18. The SMILES string of the molecule is CC(C)C(C#N)N1CCN(C(=O)c2ccc(C3CCCCC3)cc2)CC1. The molecule has 1 saturated carbocycles. The van der Waals surface area contributed by atoms with Gasteiger partial charge in [-0.3, -0.25) is 9.69 Å². The van der Waals surface area contributed by atoms with Crippen LogP contribution in [0.1, 0.15) is 67.8 Å². The van der Waals surface area contributed by atoms with Crippen LogP contribution < -0.4 is 0 Å². The molecule has 2 aliphatic rings. The van der Waals surface area contributed by atoms with Crippen LogP contribution in [0.3, 0.4) is 0 Å². The van der Waals surface area contributed by atoms with E-state index in [1.807, 2.05) is 17.0 Å².